The molecule has 0 spiro atoms. The first-order chi connectivity index (χ1) is 9.28. The fourth-order valence-corrected chi connectivity index (χ4v) is 4.76. The number of methoxy groups -OCH3 is 1. The van der Waals surface area contributed by atoms with E-state index >= 15 is 0 Å². The molecule has 1 atom stereocenters. The molecule has 19 heavy (non-hydrogen) atoms. The molecule has 1 aliphatic rings. The maximum atomic E-state index is 11.6. The van der Waals surface area contributed by atoms with Crippen molar-refractivity contribution in [1.82, 2.24) is 0 Å². The Hall–Kier alpha value is -1.00. The first kappa shape index (κ1) is 13.0. The van der Waals surface area contributed by atoms with E-state index in [4.69, 9.17) is 4.74 Å². The summed E-state index contributed by atoms with van der Waals surface area (Å²) in [4.78, 5) is 12.2. The largest absolute Gasteiger partial charge is 0.465 e. The van der Waals surface area contributed by atoms with Crippen LogP contribution in [0, 0.1) is 0 Å². The maximum Gasteiger partial charge on any atom is 0.348 e. The lowest BCUT2D eigenvalue weighted by atomic mass is 10.0. The zero-order chi connectivity index (χ0) is 13.2. The van der Waals surface area contributed by atoms with Gasteiger partial charge in [-0.25, -0.2) is 4.79 Å². The van der Waals surface area contributed by atoms with E-state index in [-0.39, 0.29) is 5.97 Å². The van der Waals surface area contributed by atoms with Crippen LogP contribution in [0.5, 0.6) is 0 Å². The number of hydrogen-bond donors (Lipinski definition) is 0. The highest BCUT2D eigenvalue weighted by molar-refractivity contribution is 7.99. The molecule has 1 aromatic carbocycles. The monoisotopic (exact) mass is 292 g/mol. The first-order valence-corrected chi connectivity index (χ1v) is 8.38. The maximum absolute atomic E-state index is 11.6. The van der Waals surface area contributed by atoms with Gasteiger partial charge in [0.1, 0.15) is 4.88 Å². The molecule has 0 radical (unpaired) electrons. The second kappa shape index (κ2) is 5.55. The lowest BCUT2D eigenvalue weighted by Gasteiger charge is -2.21. The van der Waals surface area contributed by atoms with E-state index in [9.17, 15) is 4.79 Å². The van der Waals surface area contributed by atoms with Crippen LogP contribution in [0.2, 0.25) is 0 Å². The van der Waals surface area contributed by atoms with Crippen molar-refractivity contribution in [2.75, 3.05) is 12.9 Å². The lowest BCUT2D eigenvalue weighted by Crippen LogP contribution is -2.01. The Kier molecular flexibility index (Phi) is 3.80. The molecule has 1 saturated heterocycles. The topological polar surface area (TPSA) is 26.3 Å². The fourth-order valence-electron chi connectivity index (χ4n) is 2.47. The summed E-state index contributed by atoms with van der Waals surface area (Å²) in [6.07, 6.45) is 3.94. The molecule has 2 nitrogen and oxygen atoms in total. The van der Waals surface area contributed by atoms with Crippen LogP contribution < -0.4 is 0 Å². The van der Waals surface area contributed by atoms with Crippen LogP contribution in [0.15, 0.2) is 24.3 Å². The Morgan fingerprint density at radius 2 is 2.21 bits per heavy atom. The van der Waals surface area contributed by atoms with Gasteiger partial charge in [0.25, 0.3) is 0 Å². The average molecular weight is 292 g/mol. The third-order valence-corrected chi connectivity index (χ3v) is 6.01. The van der Waals surface area contributed by atoms with E-state index in [0.717, 1.165) is 10.1 Å². The van der Waals surface area contributed by atoms with Gasteiger partial charge in [0.05, 0.1) is 7.11 Å². The van der Waals surface area contributed by atoms with Crippen molar-refractivity contribution >= 4 is 39.2 Å². The third-order valence-electron chi connectivity index (χ3n) is 3.48. The summed E-state index contributed by atoms with van der Waals surface area (Å²) in [6, 6.07) is 8.53. The number of rotatable bonds is 2. The van der Waals surface area contributed by atoms with Gasteiger partial charge in [0.15, 0.2) is 0 Å². The molecule has 1 aromatic heterocycles. The van der Waals surface area contributed by atoms with Crippen LogP contribution in [0.4, 0.5) is 0 Å². The Labute approximate surface area is 121 Å². The number of thioether (sulfide) groups is 1. The molecule has 0 amide bonds. The van der Waals surface area contributed by atoms with Crippen molar-refractivity contribution < 1.29 is 9.53 Å². The van der Waals surface area contributed by atoms with Gasteiger partial charge in [-0.3, -0.25) is 0 Å². The van der Waals surface area contributed by atoms with Gasteiger partial charge in [-0.2, -0.15) is 11.8 Å². The third kappa shape index (κ3) is 2.65. The number of ether oxygens (including phenoxy) is 1. The van der Waals surface area contributed by atoms with Crippen LogP contribution in [-0.2, 0) is 4.74 Å². The minimum Gasteiger partial charge on any atom is -0.465 e. The molecular weight excluding hydrogens is 276 g/mol. The quantitative estimate of drug-likeness (QED) is 0.754. The number of esters is 1. The summed E-state index contributed by atoms with van der Waals surface area (Å²) >= 11 is 3.56. The van der Waals surface area contributed by atoms with Crippen LogP contribution in [0.3, 0.4) is 0 Å². The van der Waals surface area contributed by atoms with Gasteiger partial charge in [0.2, 0.25) is 0 Å². The molecule has 1 aliphatic heterocycles. The van der Waals surface area contributed by atoms with E-state index in [1.54, 1.807) is 0 Å². The Bertz CT molecular complexity index is 597. The van der Waals surface area contributed by atoms with E-state index in [0.29, 0.717) is 10.1 Å². The summed E-state index contributed by atoms with van der Waals surface area (Å²) in [5.74, 6) is 1.02. The fraction of sp³-hybridized carbons (Fsp3) is 0.400. The smallest absolute Gasteiger partial charge is 0.348 e. The van der Waals surface area contributed by atoms with Gasteiger partial charge >= 0.3 is 5.97 Å². The Balaban J connectivity index is 1.93. The number of thiophene rings is 1. The molecule has 2 heterocycles. The van der Waals surface area contributed by atoms with Gasteiger partial charge < -0.3 is 4.74 Å². The first-order valence-electron chi connectivity index (χ1n) is 6.51. The van der Waals surface area contributed by atoms with Crippen molar-refractivity contribution in [3.8, 4) is 0 Å². The molecule has 0 bridgehead atoms. The van der Waals surface area contributed by atoms with Crippen molar-refractivity contribution in [3.63, 3.8) is 0 Å². The molecule has 0 saturated carbocycles. The standard InChI is InChI=1S/C15H16O2S2/c1-17-15(16)14-9-11-8-10(5-6-13(11)19-14)12-4-2-3-7-18-12/h5-6,8-9,12H,2-4,7H2,1H3. The molecular formula is C15H16O2S2. The van der Waals surface area contributed by atoms with Gasteiger partial charge in [-0.05, 0) is 47.7 Å². The average Bonchev–Trinajstić information content (AvgIpc) is 2.90. The van der Waals surface area contributed by atoms with E-state index < -0.39 is 0 Å². The second-order valence-corrected chi connectivity index (χ2v) is 7.15. The van der Waals surface area contributed by atoms with E-state index in [2.05, 4.69) is 30.0 Å². The molecule has 0 N–H and O–H groups in total. The summed E-state index contributed by atoms with van der Waals surface area (Å²) in [7, 11) is 1.43. The number of hydrogen-bond acceptors (Lipinski definition) is 4. The Morgan fingerprint density at radius 3 is 2.95 bits per heavy atom. The van der Waals surface area contributed by atoms with E-state index in [1.165, 1.54) is 49.0 Å². The SMILES string of the molecule is COC(=O)c1cc2cc(C3CCCCS3)ccc2s1. The highest BCUT2D eigenvalue weighted by atomic mass is 32.2. The number of carbonyl (C=O) groups excluding carboxylic acids is 1. The minimum absolute atomic E-state index is 0.241. The molecule has 1 fully saturated rings. The van der Waals surface area contributed by atoms with Crippen molar-refractivity contribution in [2.24, 2.45) is 0 Å². The van der Waals surface area contributed by atoms with Crippen LogP contribution in [0.25, 0.3) is 10.1 Å². The zero-order valence-corrected chi connectivity index (χ0v) is 12.5. The van der Waals surface area contributed by atoms with Crippen LogP contribution in [-0.4, -0.2) is 18.8 Å². The molecule has 2 aromatic rings. The number of benzene rings is 1. The molecule has 0 aliphatic carbocycles. The summed E-state index contributed by atoms with van der Waals surface area (Å²) < 4.78 is 5.94. The second-order valence-electron chi connectivity index (χ2n) is 4.75. The zero-order valence-electron chi connectivity index (χ0n) is 10.8. The summed E-state index contributed by atoms with van der Waals surface area (Å²) in [5, 5.41) is 1.79. The highest BCUT2D eigenvalue weighted by Gasteiger charge is 2.17. The number of fused-ring (bicyclic) bond motifs is 1. The lowest BCUT2D eigenvalue weighted by molar-refractivity contribution is 0.0606. The number of carbonyl (C=O) groups is 1. The summed E-state index contributed by atoms with van der Waals surface area (Å²) in [5.41, 5.74) is 1.39. The van der Waals surface area contributed by atoms with E-state index in [1.807, 2.05) is 6.07 Å². The van der Waals surface area contributed by atoms with Gasteiger partial charge in [-0.1, -0.05) is 12.5 Å². The molecule has 100 valence electrons. The molecule has 3 rings (SSSR count). The predicted octanol–water partition coefficient (Wildman–Crippen LogP) is 4.65. The van der Waals surface area contributed by atoms with Crippen LogP contribution in [0.1, 0.15) is 39.7 Å². The van der Waals surface area contributed by atoms with Crippen molar-refractivity contribution in [3.05, 3.63) is 34.7 Å². The normalized spacial score (nSPS) is 19.5. The highest BCUT2D eigenvalue weighted by Crippen LogP contribution is 2.40. The van der Waals surface area contributed by atoms with Crippen LogP contribution >= 0.6 is 23.1 Å². The molecule has 4 heteroatoms. The summed E-state index contributed by atoms with van der Waals surface area (Å²) in [6.45, 7) is 0. The van der Waals surface area contributed by atoms with Gasteiger partial charge in [0, 0.05) is 9.95 Å². The van der Waals surface area contributed by atoms with Crippen molar-refractivity contribution in [1.29, 1.82) is 0 Å². The van der Waals surface area contributed by atoms with Gasteiger partial charge in [-0.15, -0.1) is 11.3 Å². The Morgan fingerprint density at radius 1 is 1.32 bits per heavy atom. The predicted molar refractivity (Wildman–Crippen MR) is 82.2 cm³/mol. The molecule has 1 unspecified atom stereocenters. The van der Waals surface area contributed by atoms with Crippen molar-refractivity contribution in [2.45, 2.75) is 24.5 Å². The minimum atomic E-state index is -0.241.